The SMILES string of the molecule is Cc1ccc(NC(=O)CN2CCC[C@@H](N)C2)cc1. The first-order valence-electron chi connectivity index (χ1n) is 6.48. The van der Waals surface area contributed by atoms with Crippen molar-refractivity contribution in [2.75, 3.05) is 25.0 Å². The maximum absolute atomic E-state index is 11.9. The molecule has 0 aliphatic carbocycles. The number of rotatable bonds is 3. The summed E-state index contributed by atoms with van der Waals surface area (Å²) in [6.45, 7) is 4.25. The molecule has 4 heteroatoms. The van der Waals surface area contributed by atoms with Gasteiger partial charge in [-0.1, -0.05) is 17.7 Å². The molecule has 1 heterocycles. The maximum atomic E-state index is 11.9. The molecule has 0 bridgehead atoms. The van der Waals surface area contributed by atoms with E-state index in [4.69, 9.17) is 5.73 Å². The number of benzene rings is 1. The van der Waals surface area contributed by atoms with E-state index in [1.54, 1.807) is 0 Å². The molecule has 0 unspecified atom stereocenters. The molecule has 1 saturated heterocycles. The van der Waals surface area contributed by atoms with Crippen LogP contribution in [0.15, 0.2) is 24.3 Å². The van der Waals surface area contributed by atoms with Gasteiger partial charge in [-0.15, -0.1) is 0 Å². The fourth-order valence-corrected chi connectivity index (χ4v) is 2.28. The van der Waals surface area contributed by atoms with Gasteiger partial charge in [-0.05, 0) is 38.4 Å². The summed E-state index contributed by atoms with van der Waals surface area (Å²) in [6, 6.07) is 8.05. The number of nitrogens with zero attached hydrogens (tertiary/aromatic N) is 1. The number of hydrogen-bond donors (Lipinski definition) is 2. The zero-order chi connectivity index (χ0) is 13.0. The van der Waals surface area contributed by atoms with E-state index in [2.05, 4.69) is 10.2 Å². The summed E-state index contributed by atoms with van der Waals surface area (Å²) in [7, 11) is 0. The van der Waals surface area contributed by atoms with E-state index in [-0.39, 0.29) is 11.9 Å². The van der Waals surface area contributed by atoms with Crippen LogP contribution >= 0.6 is 0 Å². The highest BCUT2D eigenvalue weighted by Gasteiger charge is 2.18. The number of aryl methyl sites for hydroxylation is 1. The van der Waals surface area contributed by atoms with Crippen molar-refractivity contribution in [2.45, 2.75) is 25.8 Å². The van der Waals surface area contributed by atoms with Gasteiger partial charge < -0.3 is 11.1 Å². The summed E-state index contributed by atoms with van der Waals surface area (Å²) in [6.07, 6.45) is 2.15. The molecule has 2 rings (SSSR count). The Bertz CT molecular complexity index is 402. The van der Waals surface area contributed by atoms with Crippen molar-refractivity contribution in [1.82, 2.24) is 4.90 Å². The maximum Gasteiger partial charge on any atom is 0.238 e. The number of hydrogen-bond acceptors (Lipinski definition) is 3. The molecule has 0 radical (unpaired) electrons. The van der Waals surface area contributed by atoms with Crippen LogP contribution < -0.4 is 11.1 Å². The van der Waals surface area contributed by atoms with E-state index in [9.17, 15) is 4.79 Å². The van der Waals surface area contributed by atoms with Crippen molar-refractivity contribution in [3.05, 3.63) is 29.8 Å². The molecule has 4 nitrogen and oxygen atoms in total. The summed E-state index contributed by atoms with van der Waals surface area (Å²) in [5, 5.41) is 2.91. The second kappa shape index (κ2) is 5.98. The Kier molecular flexibility index (Phi) is 4.33. The first-order chi connectivity index (χ1) is 8.63. The lowest BCUT2D eigenvalue weighted by Gasteiger charge is -2.29. The van der Waals surface area contributed by atoms with Crippen LogP contribution in [0.5, 0.6) is 0 Å². The first kappa shape index (κ1) is 13.1. The number of anilines is 1. The first-order valence-corrected chi connectivity index (χ1v) is 6.48. The summed E-state index contributed by atoms with van der Waals surface area (Å²) in [5.41, 5.74) is 7.94. The Labute approximate surface area is 108 Å². The second-order valence-electron chi connectivity index (χ2n) is 5.05. The van der Waals surface area contributed by atoms with E-state index in [1.165, 1.54) is 5.56 Å². The van der Waals surface area contributed by atoms with Gasteiger partial charge in [-0.2, -0.15) is 0 Å². The van der Waals surface area contributed by atoms with Gasteiger partial charge in [0.25, 0.3) is 0 Å². The second-order valence-corrected chi connectivity index (χ2v) is 5.05. The fourth-order valence-electron chi connectivity index (χ4n) is 2.28. The van der Waals surface area contributed by atoms with Crippen LogP contribution in [0.4, 0.5) is 5.69 Å². The average molecular weight is 247 g/mol. The molecule has 18 heavy (non-hydrogen) atoms. The molecule has 98 valence electrons. The highest BCUT2D eigenvalue weighted by atomic mass is 16.2. The van der Waals surface area contributed by atoms with Gasteiger partial charge in [0.15, 0.2) is 0 Å². The largest absolute Gasteiger partial charge is 0.327 e. The predicted octanol–water partition coefficient (Wildman–Crippen LogP) is 1.36. The van der Waals surface area contributed by atoms with Gasteiger partial charge in [0, 0.05) is 18.3 Å². The summed E-state index contributed by atoms with van der Waals surface area (Å²) in [5.74, 6) is 0.0351. The number of piperidine rings is 1. The van der Waals surface area contributed by atoms with Crippen molar-refractivity contribution in [1.29, 1.82) is 0 Å². The van der Waals surface area contributed by atoms with Crippen LogP contribution in [-0.2, 0) is 4.79 Å². The highest BCUT2D eigenvalue weighted by Crippen LogP contribution is 2.10. The minimum absolute atomic E-state index is 0.0351. The fraction of sp³-hybridized carbons (Fsp3) is 0.500. The predicted molar refractivity (Wildman–Crippen MR) is 73.5 cm³/mol. The normalized spacial score (nSPS) is 20.7. The summed E-state index contributed by atoms with van der Waals surface area (Å²) in [4.78, 5) is 14.0. The van der Waals surface area contributed by atoms with Crippen LogP contribution in [-0.4, -0.2) is 36.5 Å². The molecule has 1 aliphatic heterocycles. The van der Waals surface area contributed by atoms with Gasteiger partial charge in [-0.25, -0.2) is 0 Å². The minimum atomic E-state index is 0.0351. The van der Waals surface area contributed by atoms with Gasteiger partial charge in [0.2, 0.25) is 5.91 Å². The Balaban J connectivity index is 1.83. The van der Waals surface area contributed by atoms with Crippen LogP contribution in [0.3, 0.4) is 0 Å². The van der Waals surface area contributed by atoms with Crippen molar-refractivity contribution in [3.63, 3.8) is 0 Å². The molecule has 3 N–H and O–H groups in total. The zero-order valence-corrected chi connectivity index (χ0v) is 10.9. The molecule has 1 aromatic rings. The lowest BCUT2D eigenvalue weighted by Crippen LogP contribution is -2.45. The average Bonchev–Trinajstić information content (AvgIpc) is 2.32. The Morgan fingerprint density at radius 2 is 2.17 bits per heavy atom. The zero-order valence-electron chi connectivity index (χ0n) is 10.9. The third-order valence-corrected chi connectivity index (χ3v) is 3.24. The molecular formula is C14H21N3O. The summed E-state index contributed by atoms with van der Waals surface area (Å²) < 4.78 is 0. The molecule has 1 amide bonds. The standard InChI is InChI=1S/C14H21N3O/c1-11-4-6-13(7-5-11)16-14(18)10-17-8-2-3-12(15)9-17/h4-7,12H,2-3,8-10,15H2,1H3,(H,16,18)/t12-/m1/s1. The van der Waals surface area contributed by atoms with Crippen LogP contribution in [0.25, 0.3) is 0 Å². The number of nitrogens with one attached hydrogen (secondary N) is 1. The lowest BCUT2D eigenvalue weighted by atomic mass is 10.1. The van der Waals surface area contributed by atoms with E-state index < -0.39 is 0 Å². The third kappa shape index (κ3) is 3.82. The molecule has 1 aliphatic rings. The van der Waals surface area contributed by atoms with Crippen molar-refractivity contribution in [3.8, 4) is 0 Å². The van der Waals surface area contributed by atoms with Crippen molar-refractivity contribution < 1.29 is 4.79 Å². The van der Waals surface area contributed by atoms with E-state index in [0.717, 1.165) is 31.6 Å². The number of nitrogens with two attached hydrogens (primary N) is 1. The lowest BCUT2D eigenvalue weighted by molar-refractivity contribution is -0.117. The highest BCUT2D eigenvalue weighted by molar-refractivity contribution is 5.92. The van der Waals surface area contributed by atoms with Crippen LogP contribution in [0, 0.1) is 6.92 Å². The van der Waals surface area contributed by atoms with Gasteiger partial charge in [0.05, 0.1) is 6.54 Å². The van der Waals surface area contributed by atoms with E-state index >= 15 is 0 Å². The molecule has 1 atom stereocenters. The van der Waals surface area contributed by atoms with Gasteiger partial charge in [-0.3, -0.25) is 9.69 Å². The Morgan fingerprint density at radius 1 is 1.44 bits per heavy atom. The van der Waals surface area contributed by atoms with E-state index in [0.29, 0.717) is 6.54 Å². The van der Waals surface area contributed by atoms with Crippen molar-refractivity contribution >= 4 is 11.6 Å². The monoisotopic (exact) mass is 247 g/mol. The summed E-state index contributed by atoms with van der Waals surface area (Å²) >= 11 is 0. The number of carbonyl (C=O) groups is 1. The van der Waals surface area contributed by atoms with Crippen LogP contribution in [0.1, 0.15) is 18.4 Å². The van der Waals surface area contributed by atoms with Gasteiger partial charge >= 0.3 is 0 Å². The minimum Gasteiger partial charge on any atom is -0.327 e. The van der Waals surface area contributed by atoms with Gasteiger partial charge in [0.1, 0.15) is 0 Å². The van der Waals surface area contributed by atoms with Crippen molar-refractivity contribution in [2.24, 2.45) is 5.73 Å². The van der Waals surface area contributed by atoms with E-state index in [1.807, 2.05) is 31.2 Å². The Morgan fingerprint density at radius 3 is 2.83 bits per heavy atom. The third-order valence-electron chi connectivity index (χ3n) is 3.24. The molecule has 0 spiro atoms. The number of amides is 1. The smallest absolute Gasteiger partial charge is 0.238 e. The Hall–Kier alpha value is -1.39. The molecule has 1 aromatic carbocycles. The molecule has 0 aromatic heterocycles. The number of carbonyl (C=O) groups excluding carboxylic acids is 1. The molecular weight excluding hydrogens is 226 g/mol. The topological polar surface area (TPSA) is 58.4 Å². The quantitative estimate of drug-likeness (QED) is 0.848. The molecule has 1 fully saturated rings. The number of likely N-dealkylation sites (tertiary alicyclic amines) is 1. The molecule has 0 saturated carbocycles. The van der Waals surface area contributed by atoms with Crippen LogP contribution in [0.2, 0.25) is 0 Å².